The van der Waals surface area contributed by atoms with Gasteiger partial charge in [-0.2, -0.15) is 9.41 Å². The van der Waals surface area contributed by atoms with Crippen LogP contribution in [0.3, 0.4) is 0 Å². The van der Waals surface area contributed by atoms with E-state index in [2.05, 4.69) is 27.3 Å². The van der Waals surface area contributed by atoms with Crippen LogP contribution in [-0.2, 0) is 16.6 Å². The van der Waals surface area contributed by atoms with Crippen molar-refractivity contribution in [3.63, 3.8) is 0 Å². The fourth-order valence-corrected chi connectivity index (χ4v) is 5.95. The first-order chi connectivity index (χ1) is 16.7. The first kappa shape index (κ1) is 26.8. The van der Waals surface area contributed by atoms with Crippen LogP contribution in [0, 0.1) is 13.8 Å². The number of rotatable bonds is 10. The lowest BCUT2D eigenvalue weighted by molar-refractivity contribution is 0.410. The number of para-hydroxylation sites is 1. The van der Waals surface area contributed by atoms with Gasteiger partial charge in [-0.3, -0.25) is 5.43 Å². The van der Waals surface area contributed by atoms with E-state index >= 15 is 0 Å². The molecule has 0 amide bonds. The van der Waals surface area contributed by atoms with Gasteiger partial charge >= 0.3 is 0 Å². The second-order valence-electron chi connectivity index (χ2n) is 8.54. The topological polar surface area (TPSA) is 78.7 Å². The summed E-state index contributed by atoms with van der Waals surface area (Å²) in [5, 5.41) is 8.75. The van der Waals surface area contributed by atoms with E-state index in [0.29, 0.717) is 23.1 Å². The molecule has 2 N–H and O–H groups in total. The zero-order valence-electron chi connectivity index (χ0n) is 21.1. The van der Waals surface area contributed by atoms with Crippen LogP contribution in [0.25, 0.3) is 10.9 Å². The van der Waals surface area contributed by atoms with Crippen molar-refractivity contribution in [3.05, 3.63) is 59.3 Å². The Balaban J connectivity index is 1.88. The number of nitrogens with zero attached hydrogens (tertiary/aromatic N) is 3. The Morgan fingerprint density at radius 3 is 2.34 bits per heavy atom. The van der Waals surface area contributed by atoms with Crippen molar-refractivity contribution in [1.29, 1.82) is 0 Å². The number of benzene rings is 2. The molecule has 0 saturated carbocycles. The molecule has 188 valence electrons. The van der Waals surface area contributed by atoms with Crippen molar-refractivity contribution < 1.29 is 8.42 Å². The van der Waals surface area contributed by atoms with Crippen LogP contribution in [0.5, 0.6) is 0 Å². The van der Waals surface area contributed by atoms with E-state index < -0.39 is 10.0 Å². The number of aryl methyl sites for hydroxylation is 3. The quantitative estimate of drug-likeness (QED) is 0.215. The fraction of sp³-hybridized carbons (Fsp3) is 0.385. The van der Waals surface area contributed by atoms with Gasteiger partial charge in [0.25, 0.3) is 0 Å². The molecule has 2 aromatic carbocycles. The molecule has 35 heavy (non-hydrogen) atoms. The van der Waals surface area contributed by atoms with E-state index in [1.165, 1.54) is 0 Å². The number of hydrogen-bond donors (Lipinski definition) is 2. The van der Waals surface area contributed by atoms with Crippen molar-refractivity contribution in [3.8, 4) is 0 Å². The van der Waals surface area contributed by atoms with Crippen LogP contribution in [-0.4, -0.2) is 41.7 Å². The molecule has 0 spiro atoms. The molecule has 1 aromatic heterocycles. The van der Waals surface area contributed by atoms with E-state index in [9.17, 15) is 8.42 Å². The zero-order chi connectivity index (χ0) is 25.6. The average molecular weight is 514 g/mol. The average Bonchev–Trinajstić information content (AvgIpc) is 3.18. The fourth-order valence-electron chi connectivity index (χ4n) is 4.14. The summed E-state index contributed by atoms with van der Waals surface area (Å²) in [6, 6.07) is 11.4. The first-order valence-electron chi connectivity index (χ1n) is 12.0. The molecular weight excluding hydrogens is 478 g/mol. The molecule has 3 rings (SSSR count). The molecule has 0 aliphatic carbocycles. The molecule has 9 heteroatoms. The lowest BCUT2D eigenvalue weighted by atomic mass is 10.1. The predicted molar refractivity (Wildman–Crippen MR) is 150 cm³/mol. The first-order valence-corrected chi connectivity index (χ1v) is 13.9. The van der Waals surface area contributed by atoms with Crippen LogP contribution in [0.15, 0.2) is 52.6 Å². The number of hydrogen-bond acceptors (Lipinski definition) is 4. The normalized spacial score (nSPS) is 12.1. The lowest BCUT2D eigenvalue weighted by Gasteiger charge is -2.21. The van der Waals surface area contributed by atoms with E-state index in [1.807, 2.05) is 58.2 Å². The molecule has 0 atom stereocenters. The molecule has 0 aliphatic heterocycles. The Bertz CT molecular complexity index is 1300. The van der Waals surface area contributed by atoms with E-state index in [4.69, 9.17) is 12.2 Å². The Hall–Kier alpha value is -2.75. The number of nitrogens with one attached hydrogen (secondary N) is 2. The molecule has 1 heterocycles. The second-order valence-corrected chi connectivity index (χ2v) is 10.9. The van der Waals surface area contributed by atoms with Crippen LogP contribution in [0.1, 0.15) is 50.3 Å². The van der Waals surface area contributed by atoms with Crippen LogP contribution >= 0.6 is 12.2 Å². The molecule has 0 saturated heterocycles. The monoisotopic (exact) mass is 513 g/mol. The van der Waals surface area contributed by atoms with Gasteiger partial charge in [0.15, 0.2) is 5.11 Å². The Morgan fingerprint density at radius 1 is 1.09 bits per heavy atom. The van der Waals surface area contributed by atoms with Crippen molar-refractivity contribution in [2.45, 2.75) is 58.9 Å². The summed E-state index contributed by atoms with van der Waals surface area (Å²) in [7, 11) is -3.57. The summed E-state index contributed by atoms with van der Waals surface area (Å²) >= 11 is 5.42. The highest BCUT2D eigenvalue weighted by Crippen LogP contribution is 2.26. The summed E-state index contributed by atoms with van der Waals surface area (Å²) in [5.74, 6) is 0. The summed E-state index contributed by atoms with van der Waals surface area (Å²) in [4.78, 5) is 0.301. The molecular formula is C26H35N5O2S2. The van der Waals surface area contributed by atoms with Crippen LogP contribution < -0.4 is 10.7 Å². The van der Waals surface area contributed by atoms with Gasteiger partial charge < -0.3 is 9.88 Å². The Labute approximate surface area is 214 Å². The van der Waals surface area contributed by atoms with Gasteiger partial charge in [-0.1, -0.05) is 32.0 Å². The molecule has 0 aliphatic rings. The summed E-state index contributed by atoms with van der Waals surface area (Å²) in [6.07, 6.45) is 5.20. The minimum Gasteiger partial charge on any atom is -0.347 e. The molecule has 0 unspecified atom stereocenters. The zero-order valence-corrected chi connectivity index (χ0v) is 22.8. The molecule has 0 radical (unpaired) electrons. The van der Waals surface area contributed by atoms with Crippen LogP contribution in [0.4, 0.5) is 5.69 Å². The highest BCUT2D eigenvalue weighted by atomic mass is 32.2. The number of aromatic nitrogens is 1. The van der Waals surface area contributed by atoms with Crippen LogP contribution in [0.2, 0.25) is 0 Å². The van der Waals surface area contributed by atoms with Gasteiger partial charge in [0.1, 0.15) is 0 Å². The summed E-state index contributed by atoms with van der Waals surface area (Å²) in [5.41, 5.74) is 7.81. The molecule has 0 fully saturated rings. The van der Waals surface area contributed by atoms with Crippen molar-refractivity contribution in [2.75, 3.05) is 18.4 Å². The maximum Gasteiger partial charge on any atom is 0.243 e. The van der Waals surface area contributed by atoms with Gasteiger partial charge in [0.2, 0.25) is 10.0 Å². The van der Waals surface area contributed by atoms with Gasteiger partial charge in [0, 0.05) is 48.0 Å². The van der Waals surface area contributed by atoms with Crippen molar-refractivity contribution >= 4 is 50.2 Å². The third-order valence-electron chi connectivity index (χ3n) is 5.90. The number of hydrazone groups is 1. The maximum atomic E-state index is 13.3. The SMILES string of the molecule is CCCN(CCC)S(=O)(=O)c1ccc2c(c1)c(/C=N\NC(=S)Nc1c(C)cccc1C)cn2CC. The molecule has 7 nitrogen and oxygen atoms in total. The largest absolute Gasteiger partial charge is 0.347 e. The third kappa shape index (κ3) is 6.09. The third-order valence-corrected chi connectivity index (χ3v) is 7.99. The smallest absolute Gasteiger partial charge is 0.243 e. The second kappa shape index (κ2) is 11.8. The summed E-state index contributed by atoms with van der Waals surface area (Å²) in [6.45, 7) is 11.9. The molecule has 3 aromatic rings. The Kier molecular flexibility index (Phi) is 9.04. The molecule has 0 bridgehead atoms. The highest BCUT2D eigenvalue weighted by Gasteiger charge is 2.24. The van der Waals surface area contributed by atoms with Gasteiger partial charge in [-0.15, -0.1) is 0 Å². The predicted octanol–water partition coefficient (Wildman–Crippen LogP) is 5.41. The number of fused-ring (bicyclic) bond motifs is 1. The lowest BCUT2D eigenvalue weighted by Crippen LogP contribution is -2.32. The minimum atomic E-state index is -3.57. The standard InChI is InChI=1S/C26H35N5O2S2/c1-6-14-31(15-7-2)35(32,33)22-12-13-24-23(16-22)21(18-30(24)8-3)17-27-29-26(34)28-25-19(4)10-9-11-20(25)5/h9-13,16-18H,6-8,14-15H2,1-5H3,(H2,28,29,34)/b27-17-. The van der Waals surface area contributed by atoms with E-state index in [0.717, 1.165) is 52.7 Å². The number of thiocarbonyl (C=S) groups is 1. The van der Waals surface area contributed by atoms with Gasteiger partial charge in [-0.05, 0) is 75.2 Å². The van der Waals surface area contributed by atoms with Gasteiger partial charge in [0.05, 0.1) is 11.1 Å². The van der Waals surface area contributed by atoms with Crippen molar-refractivity contribution in [1.82, 2.24) is 14.3 Å². The van der Waals surface area contributed by atoms with E-state index in [1.54, 1.807) is 22.7 Å². The van der Waals surface area contributed by atoms with E-state index in [-0.39, 0.29) is 0 Å². The van der Waals surface area contributed by atoms with Gasteiger partial charge in [-0.25, -0.2) is 8.42 Å². The number of sulfonamides is 1. The summed E-state index contributed by atoms with van der Waals surface area (Å²) < 4.78 is 30.3. The minimum absolute atomic E-state index is 0.301. The van der Waals surface area contributed by atoms with Crippen molar-refractivity contribution in [2.24, 2.45) is 5.10 Å². The maximum absolute atomic E-state index is 13.3. The highest BCUT2D eigenvalue weighted by molar-refractivity contribution is 7.89. The number of anilines is 1. The Morgan fingerprint density at radius 2 is 1.74 bits per heavy atom.